The van der Waals surface area contributed by atoms with Crippen molar-refractivity contribution in [3.63, 3.8) is 0 Å². The number of hydrogen-bond acceptors (Lipinski definition) is 1. The molecule has 0 aromatic rings. The molecule has 3 atom stereocenters. The summed E-state index contributed by atoms with van der Waals surface area (Å²) in [4.78, 5) is 0. The highest BCUT2D eigenvalue weighted by atomic mass is 15.0. The lowest BCUT2D eigenvalue weighted by Gasteiger charge is -2.15. The molecule has 0 aromatic heterocycles. The fraction of sp³-hybridized carbons (Fsp3) is 1.00. The summed E-state index contributed by atoms with van der Waals surface area (Å²) in [6.45, 7) is 8.18. The van der Waals surface area contributed by atoms with Crippen LogP contribution in [0, 0.1) is 11.8 Å². The molecule has 0 aliphatic heterocycles. The lowest BCUT2D eigenvalue weighted by molar-refractivity contribution is 0.413. The average molecular weight is 197 g/mol. The van der Waals surface area contributed by atoms with E-state index >= 15 is 0 Å². The second-order valence-electron chi connectivity index (χ2n) is 4.84. The Bertz CT molecular complexity index is 144. The lowest BCUT2D eigenvalue weighted by atomic mass is 9.99. The number of nitrogens with one attached hydrogen (secondary N) is 1. The summed E-state index contributed by atoms with van der Waals surface area (Å²) >= 11 is 0. The molecule has 0 bridgehead atoms. The van der Waals surface area contributed by atoms with Gasteiger partial charge in [-0.05, 0) is 31.2 Å². The Labute approximate surface area is 89.7 Å². The van der Waals surface area contributed by atoms with Crippen molar-refractivity contribution in [2.45, 2.75) is 65.3 Å². The van der Waals surface area contributed by atoms with E-state index in [2.05, 4.69) is 26.1 Å². The fourth-order valence-electron chi connectivity index (χ4n) is 2.21. The van der Waals surface area contributed by atoms with E-state index in [-0.39, 0.29) is 0 Å². The molecule has 0 heterocycles. The van der Waals surface area contributed by atoms with Crippen molar-refractivity contribution < 1.29 is 0 Å². The zero-order chi connectivity index (χ0) is 10.4. The van der Waals surface area contributed by atoms with Crippen molar-refractivity contribution in [3.05, 3.63) is 0 Å². The van der Waals surface area contributed by atoms with Gasteiger partial charge >= 0.3 is 0 Å². The summed E-state index contributed by atoms with van der Waals surface area (Å²) in [5, 5.41) is 3.72. The summed E-state index contributed by atoms with van der Waals surface area (Å²) in [5.74, 6) is 1.92. The molecule has 0 aromatic carbocycles. The number of rotatable bonds is 8. The van der Waals surface area contributed by atoms with Crippen molar-refractivity contribution in [2.24, 2.45) is 11.8 Å². The van der Waals surface area contributed by atoms with Crippen LogP contribution in [-0.2, 0) is 0 Å². The van der Waals surface area contributed by atoms with E-state index in [1.165, 1.54) is 45.1 Å². The van der Waals surface area contributed by atoms with E-state index in [9.17, 15) is 0 Å². The molecular formula is C13H27N. The van der Waals surface area contributed by atoms with Gasteiger partial charge in [-0.15, -0.1) is 0 Å². The first-order chi connectivity index (χ1) is 6.81. The minimum absolute atomic E-state index is 0.871. The molecule has 0 radical (unpaired) electrons. The van der Waals surface area contributed by atoms with Crippen molar-refractivity contribution in [1.82, 2.24) is 5.32 Å². The molecular weight excluding hydrogens is 170 g/mol. The normalized spacial score (nSPS) is 27.6. The Hall–Kier alpha value is -0.0400. The van der Waals surface area contributed by atoms with Crippen LogP contribution >= 0.6 is 0 Å². The third kappa shape index (κ3) is 4.00. The topological polar surface area (TPSA) is 12.0 Å². The van der Waals surface area contributed by atoms with Gasteiger partial charge in [-0.25, -0.2) is 0 Å². The van der Waals surface area contributed by atoms with Gasteiger partial charge in [0.05, 0.1) is 0 Å². The van der Waals surface area contributed by atoms with Crippen LogP contribution in [-0.4, -0.2) is 12.6 Å². The molecule has 84 valence electrons. The zero-order valence-corrected chi connectivity index (χ0v) is 10.2. The molecule has 0 saturated heterocycles. The van der Waals surface area contributed by atoms with Gasteiger partial charge in [0, 0.05) is 6.04 Å². The first-order valence-corrected chi connectivity index (χ1v) is 6.55. The molecule has 1 nitrogen and oxygen atoms in total. The van der Waals surface area contributed by atoms with Crippen LogP contribution in [0.2, 0.25) is 0 Å². The maximum Gasteiger partial charge on any atom is 0.00991 e. The molecule has 1 rings (SSSR count). The molecule has 14 heavy (non-hydrogen) atoms. The third-order valence-electron chi connectivity index (χ3n) is 3.66. The summed E-state index contributed by atoms with van der Waals surface area (Å²) in [6, 6.07) is 0.871. The second-order valence-corrected chi connectivity index (χ2v) is 4.84. The Balaban J connectivity index is 2.03. The summed E-state index contributed by atoms with van der Waals surface area (Å²) in [6.07, 6.45) is 8.31. The quantitative estimate of drug-likeness (QED) is 0.627. The molecule has 1 fully saturated rings. The number of hydrogen-bond donors (Lipinski definition) is 1. The van der Waals surface area contributed by atoms with Crippen LogP contribution in [0.3, 0.4) is 0 Å². The highest BCUT2D eigenvalue weighted by Gasteiger charge is 2.34. The van der Waals surface area contributed by atoms with Gasteiger partial charge in [0.25, 0.3) is 0 Å². The minimum Gasteiger partial charge on any atom is -0.313 e. The average Bonchev–Trinajstić information content (AvgIpc) is 2.97. The van der Waals surface area contributed by atoms with Gasteiger partial charge in [0.2, 0.25) is 0 Å². The fourth-order valence-corrected chi connectivity index (χ4v) is 2.21. The minimum atomic E-state index is 0.871. The molecule has 3 unspecified atom stereocenters. The highest BCUT2D eigenvalue weighted by molar-refractivity contribution is 4.92. The summed E-state index contributed by atoms with van der Waals surface area (Å²) in [5.41, 5.74) is 0. The maximum absolute atomic E-state index is 3.72. The largest absolute Gasteiger partial charge is 0.313 e. The standard InChI is InChI=1S/C13H27N/c1-4-7-8-11(5-2)10-14-13-9-12(13)6-3/h11-14H,4-10H2,1-3H3. The van der Waals surface area contributed by atoms with Gasteiger partial charge in [-0.2, -0.15) is 0 Å². The predicted molar refractivity (Wildman–Crippen MR) is 63.5 cm³/mol. The van der Waals surface area contributed by atoms with Crippen LogP contribution in [0.4, 0.5) is 0 Å². The van der Waals surface area contributed by atoms with E-state index in [0.717, 1.165) is 17.9 Å². The first kappa shape index (κ1) is 12.0. The van der Waals surface area contributed by atoms with E-state index < -0.39 is 0 Å². The second kappa shape index (κ2) is 6.44. The molecule has 1 N–H and O–H groups in total. The van der Waals surface area contributed by atoms with Gasteiger partial charge < -0.3 is 5.32 Å². The Morgan fingerprint density at radius 3 is 2.57 bits per heavy atom. The van der Waals surface area contributed by atoms with Crippen LogP contribution in [0.25, 0.3) is 0 Å². The Kier molecular flexibility index (Phi) is 5.54. The number of unbranched alkanes of at least 4 members (excludes halogenated alkanes) is 1. The van der Waals surface area contributed by atoms with E-state index in [0.29, 0.717) is 0 Å². The van der Waals surface area contributed by atoms with Crippen LogP contribution in [0.15, 0.2) is 0 Å². The Morgan fingerprint density at radius 2 is 2.07 bits per heavy atom. The monoisotopic (exact) mass is 197 g/mol. The van der Waals surface area contributed by atoms with Gasteiger partial charge in [-0.1, -0.05) is 46.5 Å². The van der Waals surface area contributed by atoms with Crippen molar-refractivity contribution >= 4 is 0 Å². The van der Waals surface area contributed by atoms with Crippen molar-refractivity contribution in [3.8, 4) is 0 Å². The van der Waals surface area contributed by atoms with E-state index in [1.807, 2.05) is 0 Å². The lowest BCUT2D eigenvalue weighted by Crippen LogP contribution is -2.25. The molecule has 1 aliphatic carbocycles. The van der Waals surface area contributed by atoms with Gasteiger partial charge in [0.15, 0.2) is 0 Å². The van der Waals surface area contributed by atoms with Crippen molar-refractivity contribution in [2.75, 3.05) is 6.54 Å². The Morgan fingerprint density at radius 1 is 1.29 bits per heavy atom. The smallest absolute Gasteiger partial charge is 0.00991 e. The molecule has 1 saturated carbocycles. The highest BCUT2D eigenvalue weighted by Crippen LogP contribution is 2.33. The van der Waals surface area contributed by atoms with E-state index in [1.54, 1.807) is 0 Å². The molecule has 1 aliphatic rings. The van der Waals surface area contributed by atoms with Gasteiger partial charge in [-0.3, -0.25) is 0 Å². The van der Waals surface area contributed by atoms with Crippen LogP contribution < -0.4 is 5.32 Å². The van der Waals surface area contributed by atoms with E-state index in [4.69, 9.17) is 0 Å². The molecule has 1 heteroatoms. The summed E-state index contributed by atoms with van der Waals surface area (Å²) in [7, 11) is 0. The molecule has 0 spiro atoms. The molecule has 0 amide bonds. The summed E-state index contributed by atoms with van der Waals surface area (Å²) < 4.78 is 0. The van der Waals surface area contributed by atoms with Gasteiger partial charge in [0.1, 0.15) is 0 Å². The van der Waals surface area contributed by atoms with Crippen LogP contribution in [0.5, 0.6) is 0 Å². The zero-order valence-electron chi connectivity index (χ0n) is 10.2. The van der Waals surface area contributed by atoms with Crippen LogP contribution in [0.1, 0.15) is 59.3 Å². The SMILES string of the molecule is CCCCC(CC)CNC1CC1CC. The first-order valence-electron chi connectivity index (χ1n) is 6.55. The predicted octanol–water partition coefficient (Wildman–Crippen LogP) is 3.59. The van der Waals surface area contributed by atoms with Crippen molar-refractivity contribution in [1.29, 1.82) is 0 Å². The maximum atomic E-state index is 3.72. The third-order valence-corrected chi connectivity index (χ3v) is 3.66.